The Balaban J connectivity index is 2.32. The summed E-state index contributed by atoms with van der Waals surface area (Å²) in [7, 11) is -2.06. The minimum atomic E-state index is -3.61. The van der Waals surface area contributed by atoms with Gasteiger partial charge in [-0.1, -0.05) is 30.3 Å². The number of sulfonamides is 1. The van der Waals surface area contributed by atoms with Gasteiger partial charge in [0.25, 0.3) is 0 Å². The van der Waals surface area contributed by atoms with Crippen LogP contribution in [0, 0.1) is 6.92 Å². The minimum Gasteiger partial charge on any atom is -0.281 e. The fourth-order valence-corrected chi connectivity index (χ4v) is 3.74. The smallest absolute Gasteiger partial charge is 0.246 e. The lowest BCUT2D eigenvalue weighted by Gasteiger charge is -2.17. The molecule has 0 aliphatic heterocycles. The van der Waals surface area contributed by atoms with E-state index in [0.29, 0.717) is 17.9 Å². The highest BCUT2D eigenvalue weighted by atomic mass is 35.5. The first-order valence-electron chi connectivity index (χ1n) is 6.07. The molecule has 0 saturated heterocycles. The quantitative estimate of drug-likeness (QED) is 0.861. The Bertz CT molecular complexity index is 683. The molecule has 2 rings (SSSR count). The van der Waals surface area contributed by atoms with Crippen molar-refractivity contribution in [3.8, 4) is 0 Å². The number of aromatic nitrogens is 2. The molecule has 0 aliphatic carbocycles. The van der Waals surface area contributed by atoms with E-state index in [4.69, 9.17) is 11.6 Å². The average Bonchev–Trinajstić information content (AvgIpc) is 2.81. The van der Waals surface area contributed by atoms with Crippen LogP contribution in [-0.4, -0.2) is 30.0 Å². The first-order chi connectivity index (χ1) is 9.46. The van der Waals surface area contributed by atoms with E-state index in [1.807, 2.05) is 30.3 Å². The van der Waals surface area contributed by atoms with Crippen LogP contribution in [0.25, 0.3) is 0 Å². The molecule has 0 atom stereocenters. The van der Waals surface area contributed by atoms with Crippen LogP contribution in [-0.2, 0) is 22.4 Å². The zero-order valence-electron chi connectivity index (χ0n) is 11.3. The Morgan fingerprint density at radius 1 is 1.30 bits per heavy atom. The van der Waals surface area contributed by atoms with Crippen LogP contribution >= 0.6 is 11.6 Å². The van der Waals surface area contributed by atoms with Crippen LogP contribution in [0.15, 0.2) is 35.2 Å². The molecule has 0 unspecified atom stereocenters. The number of H-pyrrole nitrogens is 1. The monoisotopic (exact) mass is 313 g/mol. The summed E-state index contributed by atoms with van der Waals surface area (Å²) in [5, 5.41) is 6.60. The maximum Gasteiger partial charge on any atom is 0.246 e. The van der Waals surface area contributed by atoms with Gasteiger partial charge in [0.15, 0.2) is 0 Å². The molecule has 2 aromatic rings. The topological polar surface area (TPSA) is 66.1 Å². The van der Waals surface area contributed by atoms with Gasteiger partial charge in [0, 0.05) is 13.6 Å². The van der Waals surface area contributed by atoms with E-state index in [1.165, 1.54) is 4.31 Å². The summed E-state index contributed by atoms with van der Waals surface area (Å²) in [6.07, 6.45) is 0. The molecular weight excluding hydrogens is 298 g/mol. The summed E-state index contributed by atoms with van der Waals surface area (Å²) in [5.74, 6) is 0.0537. The van der Waals surface area contributed by atoms with Crippen LogP contribution in [0.4, 0.5) is 0 Å². The van der Waals surface area contributed by atoms with Crippen LogP contribution in [0.5, 0.6) is 0 Å². The highest BCUT2D eigenvalue weighted by Crippen LogP contribution is 2.23. The van der Waals surface area contributed by atoms with Crippen LogP contribution < -0.4 is 0 Å². The van der Waals surface area contributed by atoms with Crippen molar-refractivity contribution in [1.82, 2.24) is 14.5 Å². The third kappa shape index (κ3) is 2.87. The molecule has 7 heteroatoms. The van der Waals surface area contributed by atoms with E-state index in [2.05, 4.69) is 10.2 Å². The number of nitrogens with zero attached hydrogens (tertiary/aromatic N) is 2. The predicted molar refractivity (Wildman–Crippen MR) is 78.0 cm³/mol. The van der Waals surface area contributed by atoms with Crippen molar-refractivity contribution in [2.75, 3.05) is 7.05 Å². The Morgan fingerprint density at radius 3 is 2.55 bits per heavy atom. The molecule has 0 bridgehead atoms. The van der Waals surface area contributed by atoms with E-state index >= 15 is 0 Å². The second-order valence-electron chi connectivity index (χ2n) is 4.50. The number of benzene rings is 1. The number of alkyl halides is 1. The third-order valence-electron chi connectivity index (χ3n) is 3.00. The van der Waals surface area contributed by atoms with Crippen molar-refractivity contribution in [2.24, 2.45) is 0 Å². The first-order valence-corrected chi connectivity index (χ1v) is 8.04. The van der Waals surface area contributed by atoms with E-state index in [9.17, 15) is 8.42 Å². The van der Waals surface area contributed by atoms with Gasteiger partial charge in [0.2, 0.25) is 10.0 Å². The minimum absolute atomic E-state index is 0.0537. The van der Waals surface area contributed by atoms with Crippen LogP contribution in [0.2, 0.25) is 0 Å². The van der Waals surface area contributed by atoms with Crippen molar-refractivity contribution in [3.63, 3.8) is 0 Å². The lowest BCUT2D eigenvalue weighted by molar-refractivity contribution is 0.466. The number of aryl methyl sites for hydroxylation is 1. The Labute approximate surface area is 123 Å². The van der Waals surface area contributed by atoms with Gasteiger partial charge in [-0.25, -0.2) is 8.42 Å². The summed E-state index contributed by atoms with van der Waals surface area (Å²) in [6, 6.07) is 9.42. The summed E-state index contributed by atoms with van der Waals surface area (Å²) < 4.78 is 26.5. The SMILES string of the molecule is Cc1[nH]nc(CCl)c1S(=O)(=O)N(C)Cc1ccccc1. The van der Waals surface area contributed by atoms with E-state index in [0.717, 1.165) is 5.56 Å². The third-order valence-corrected chi connectivity index (χ3v) is 5.26. The predicted octanol–water partition coefficient (Wildman–Crippen LogP) is 2.28. The van der Waals surface area contributed by atoms with Crippen molar-refractivity contribution in [1.29, 1.82) is 0 Å². The second kappa shape index (κ2) is 5.95. The lowest BCUT2D eigenvalue weighted by atomic mass is 10.2. The van der Waals surface area contributed by atoms with Gasteiger partial charge in [-0.15, -0.1) is 11.6 Å². The number of halogens is 1. The fraction of sp³-hybridized carbons (Fsp3) is 0.308. The molecule has 0 aliphatic rings. The summed E-state index contributed by atoms with van der Waals surface area (Å²) in [6.45, 7) is 1.97. The van der Waals surface area contributed by atoms with Gasteiger partial charge < -0.3 is 0 Å². The molecule has 1 N–H and O–H groups in total. The highest BCUT2D eigenvalue weighted by molar-refractivity contribution is 7.89. The summed E-state index contributed by atoms with van der Waals surface area (Å²) >= 11 is 5.75. The lowest BCUT2D eigenvalue weighted by Crippen LogP contribution is -2.27. The van der Waals surface area contributed by atoms with E-state index < -0.39 is 10.0 Å². The van der Waals surface area contributed by atoms with Crippen molar-refractivity contribution in [2.45, 2.75) is 24.2 Å². The average molecular weight is 314 g/mol. The number of aromatic amines is 1. The fourth-order valence-electron chi connectivity index (χ4n) is 1.98. The molecule has 108 valence electrons. The standard InChI is InChI=1S/C13H16ClN3O2S/c1-10-13(12(8-14)16-15-10)20(18,19)17(2)9-11-6-4-3-5-7-11/h3-7H,8-9H2,1-2H3,(H,15,16). The van der Waals surface area contributed by atoms with Gasteiger partial charge in [-0.2, -0.15) is 9.40 Å². The molecule has 0 radical (unpaired) electrons. The first kappa shape index (κ1) is 15.0. The zero-order valence-corrected chi connectivity index (χ0v) is 12.9. The molecule has 1 aromatic heterocycles. The summed E-state index contributed by atoms with van der Waals surface area (Å²) in [5.41, 5.74) is 1.77. The van der Waals surface area contributed by atoms with Gasteiger partial charge in [0.05, 0.1) is 17.3 Å². The molecule has 20 heavy (non-hydrogen) atoms. The molecule has 0 spiro atoms. The van der Waals surface area contributed by atoms with Gasteiger partial charge >= 0.3 is 0 Å². The summed E-state index contributed by atoms with van der Waals surface area (Å²) in [4.78, 5) is 0.172. The second-order valence-corrected chi connectivity index (χ2v) is 6.75. The Morgan fingerprint density at radius 2 is 1.95 bits per heavy atom. The van der Waals surface area contributed by atoms with Crippen LogP contribution in [0.3, 0.4) is 0 Å². The number of hydrogen-bond acceptors (Lipinski definition) is 3. The van der Waals surface area contributed by atoms with Crippen molar-refractivity contribution < 1.29 is 8.42 Å². The normalized spacial score (nSPS) is 12.0. The highest BCUT2D eigenvalue weighted by Gasteiger charge is 2.28. The number of hydrogen-bond donors (Lipinski definition) is 1. The molecule has 0 fully saturated rings. The molecule has 1 heterocycles. The van der Waals surface area contributed by atoms with Crippen molar-refractivity contribution >= 4 is 21.6 Å². The largest absolute Gasteiger partial charge is 0.281 e. The zero-order chi connectivity index (χ0) is 14.8. The Hall–Kier alpha value is -1.37. The van der Waals surface area contributed by atoms with Crippen molar-refractivity contribution in [3.05, 3.63) is 47.3 Å². The maximum absolute atomic E-state index is 12.6. The number of rotatable bonds is 5. The molecule has 1 aromatic carbocycles. The molecule has 0 amide bonds. The molecular formula is C13H16ClN3O2S. The van der Waals surface area contributed by atoms with Crippen LogP contribution in [0.1, 0.15) is 17.0 Å². The number of nitrogens with one attached hydrogen (secondary N) is 1. The molecule has 0 saturated carbocycles. The van der Waals surface area contributed by atoms with Gasteiger partial charge in [-0.3, -0.25) is 5.10 Å². The van der Waals surface area contributed by atoms with E-state index in [1.54, 1.807) is 14.0 Å². The van der Waals surface area contributed by atoms with Gasteiger partial charge in [-0.05, 0) is 12.5 Å². The van der Waals surface area contributed by atoms with Gasteiger partial charge in [0.1, 0.15) is 4.90 Å². The molecule has 5 nitrogen and oxygen atoms in total. The van der Waals surface area contributed by atoms with E-state index in [-0.39, 0.29) is 10.8 Å². The maximum atomic E-state index is 12.6. The Kier molecular flexibility index (Phi) is 4.47.